The number of rotatable bonds is 11. The van der Waals surface area contributed by atoms with Crippen LogP contribution in [0.5, 0.6) is 11.5 Å². The number of benzene rings is 3. The van der Waals surface area contributed by atoms with Crippen LogP contribution in [0.4, 0.5) is 26.3 Å². The molecule has 284 valence electrons. The predicted molar refractivity (Wildman–Crippen MR) is 175 cm³/mol. The maximum Gasteiger partial charge on any atom is 0.490 e. The quantitative estimate of drug-likeness (QED) is 0.0903. The van der Waals surface area contributed by atoms with Crippen LogP contribution in [0.3, 0.4) is 0 Å². The Balaban J connectivity index is 0.000000564. The molecule has 1 heterocycles. The summed E-state index contributed by atoms with van der Waals surface area (Å²) in [5, 5.41) is 29.7. The molecule has 0 bridgehead atoms. The van der Waals surface area contributed by atoms with Gasteiger partial charge in [-0.1, -0.05) is 42.5 Å². The zero-order chi connectivity index (χ0) is 39.3. The first-order valence-electron chi connectivity index (χ1n) is 14.9. The van der Waals surface area contributed by atoms with Crippen LogP contribution in [0.2, 0.25) is 0 Å². The van der Waals surface area contributed by atoms with Gasteiger partial charge in [0, 0.05) is 18.5 Å². The number of carboxylic acid groups (broad SMARTS) is 2. The smallest absolute Gasteiger partial charge is 0.490 e. The summed E-state index contributed by atoms with van der Waals surface area (Å²) >= 11 is 0. The number of nitrogens with one attached hydrogen (secondary N) is 3. The number of likely N-dealkylation sites (tertiary alicyclic amines) is 1. The van der Waals surface area contributed by atoms with Gasteiger partial charge >= 0.3 is 24.3 Å². The predicted octanol–water partition coefficient (Wildman–Crippen LogP) is 4.66. The molecule has 1 aliphatic rings. The molecule has 1 saturated heterocycles. The normalized spacial score (nSPS) is 14.8. The summed E-state index contributed by atoms with van der Waals surface area (Å²) in [6.07, 6.45) is -8.88. The number of ether oxygens (including phenoxy) is 2. The fourth-order valence-electron chi connectivity index (χ4n) is 4.28. The monoisotopic (exact) mass is 763 g/mol. The van der Waals surface area contributed by atoms with E-state index in [1.54, 1.807) is 61.5 Å². The highest BCUT2D eigenvalue weighted by Crippen LogP contribution is 2.21. The van der Waals surface area contributed by atoms with Gasteiger partial charge in [-0.2, -0.15) is 26.3 Å². The molecule has 0 aliphatic carbocycles. The molecular weight excluding hydrogens is 728 g/mol. The summed E-state index contributed by atoms with van der Waals surface area (Å²) in [7, 11) is -3.77. The van der Waals surface area contributed by atoms with Crippen molar-refractivity contribution in [2.75, 3.05) is 19.7 Å². The summed E-state index contributed by atoms with van der Waals surface area (Å²) in [4.78, 5) is 20.0. The van der Waals surface area contributed by atoms with Gasteiger partial charge in [0.05, 0.1) is 23.3 Å². The number of nitrogen functional groups attached to an aromatic ring is 1. The Kier molecular flexibility index (Phi) is 15.4. The van der Waals surface area contributed by atoms with Crippen LogP contribution in [-0.2, 0) is 26.0 Å². The average molecular weight is 764 g/mol. The SMILES string of the molecule is CC(=N)N1CC[C@H](Oc2ccc(CC(COc3cccc(C(=N)N)c3)NS(=O)(=O)c3ccccc3)cc2)C1.O=C(O)C(F)(F)F.O=C(O)C(F)(F)F. The number of alkyl halides is 6. The van der Waals surface area contributed by atoms with Gasteiger partial charge in [0.2, 0.25) is 10.0 Å². The molecule has 52 heavy (non-hydrogen) atoms. The zero-order valence-electron chi connectivity index (χ0n) is 27.2. The molecule has 7 N–H and O–H groups in total. The van der Waals surface area contributed by atoms with Crippen LogP contribution in [0, 0.1) is 10.8 Å². The third kappa shape index (κ3) is 14.9. The molecule has 4 rings (SSSR count). The second-order valence-corrected chi connectivity index (χ2v) is 12.6. The van der Waals surface area contributed by atoms with Crippen LogP contribution in [0.1, 0.15) is 24.5 Å². The number of nitrogens with zero attached hydrogens (tertiary/aromatic N) is 1. The number of carboxylic acids is 2. The van der Waals surface area contributed by atoms with E-state index >= 15 is 0 Å². The van der Waals surface area contributed by atoms with Crippen molar-refractivity contribution in [1.82, 2.24) is 9.62 Å². The van der Waals surface area contributed by atoms with Crippen LogP contribution in [0.15, 0.2) is 83.8 Å². The first-order valence-corrected chi connectivity index (χ1v) is 16.4. The summed E-state index contributed by atoms with van der Waals surface area (Å²) in [5.74, 6) is -3.80. The van der Waals surface area contributed by atoms with Gasteiger partial charge < -0.3 is 30.3 Å². The molecule has 1 fully saturated rings. The van der Waals surface area contributed by atoms with E-state index in [-0.39, 0.29) is 23.4 Å². The van der Waals surface area contributed by atoms with E-state index in [1.807, 2.05) is 29.2 Å². The van der Waals surface area contributed by atoms with E-state index in [9.17, 15) is 34.8 Å². The van der Waals surface area contributed by atoms with Gasteiger partial charge in [0.25, 0.3) is 0 Å². The number of nitrogens with two attached hydrogens (primary N) is 1. The number of hydrogen-bond donors (Lipinski definition) is 6. The largest absolute Gasteiger partial charge is 0.492 e. The zero-order valence-corrected chi connectivity index (χ0v) is 28.1. The van der Waals surface area contributed by atoms with Gasteiger partial charge in [-0.25, -0.2) is 22.7 Å². The van der Waals surface area contributed by atoms with Crippen LogP contribution >= 0.6 is 0 Å². The van der Waals surface area contributed by atoms with Gasteiger partial charge in [0.15, 0.2) is 0 Å². The highest BCUT2D eigenvalue weighted by Gasteiger charge is 2.39. The number of carbonyl (C=O) groups is 2. The lowest BCUT2D eigenvalue weighted by atomic mass is 10.1. The lowest BCUT2D eigenvalue weighted by molar-refractivity contribution is -0.193. The first-order chi connectivity index (χ1) is 24.1. The number of aliphatic carboxylic acids is 2. The third-order valence-electron chi connectivity index (χ3n) is 6.78. The first kappa shape index (κ1) is 42.8. The number of sulfonamides is 1. The molecular formula is C32H35F6N5O8S. The molecule has 0 spiro atoms. The van der Waals surface area contributed by atoms with Crippen molar-refractivity contribution in [2.45, 2.75) is 49.2 Å². The van der Waals surface area contributed by atoms with Crippen molar-refractivity contribution in [3.63, 3.8) is 0 Å². The Morgan fingerprint density at radius 1 is 0.923 bits per heavy atom. The summed E-state index contributed by atoms with van der Waals surface area (Å²) in [6, 6.07) is 22.1. The Labute approximate surface area is 294 Å². The summed E-state index contributed by atoms with van der Waals surface area (Å²) in [6.45, 7) is 3.37. The van der Waals surface area contributed by atoms with E-state index in [0.29, 0.717) is 30.1 Å². The van der Waals surface area contributed by atoms with Gasteiger partial charge in [0.1, 0.15) is 30.0 Å². The molecule has 0 aromatic heterocycles. The topological polar surface area (TPSA) is 216 Å². The molecule has 1 unspecified atom stereocenters. The minimum absolute atomic E-state index is 0.0331. The van der Waals surface area contributed by atoms with Crippen molar-refractivity contribution in [3.8, 4) is 11.5 Å². The van der Waals surface area contributed by atoms with Gasteiger partial charge in [-0.15, -0.1) is 0 Å². The Bertz CT molecular complexity index is 1750. The van der Waals surface area contributed by atoms with E-state index in [4.69, 9.17) is 45.8 Å². The van der Waals surface area contributed by atoms with E-state index in [2.05, 4.69) is 4.72 Å². The molecule has 0 radical (unpaired) electrons. The minimum Gasteiger partial charge on any atom is -0.492 e. The fraction of sp³-hybridized carbons (Fsp3) is 0.312. The fourth-order valence-corrected chi connectivity index (χ4v) is 5.52. The minimum atomic E-state index is -5.08. The Morgan fingerprint density at radius 3 is 1.96 bits per heavy atom. The lowest BCUT2D eigenvalue weighted by Crippen LogP contribution is -2.40. The molecule has 3 aromatic carbocycles. The Morgan fingerprint density at radius 2 is 1.48 bits per heavy atom. The van der Waals surface area contributed by atoms with Crippen molar-refractivity contribution in [3.05, 3.63) is 90.0 Å². The molecule has 2 atom stereocenters. The molecule has 0 amide bonds. The van der Waals surface area contributed by atoms with E-state index in [1.165, 1.54) is 0 Å². The van der Waals surface area contributed by atoms with Crippen LogP contribution < -0.4 is 19.9 Å². The maximum absolute atomic E-state index is 13.1. The number of amidine groups is 2. The molecule has 3 aromatic rings. The van der Waals surface area contributed by atoms with Crippen molar-refractivity contribution >= 4 is 33.6 Å². The second-order valence-electron chi connectivity index (χ2n) is 10.9. The highest BCUT2D eigenvalue weighted by molar-refractivity contribution is 7.89. The summed E-state index contributed by atoms with van der Waals surface area (Å²) in [5.41, 5.74) is 7.03. The van der Waals surface area contributed by atoms with Gasteiger partial charge in [-0.05, 0) is 55.3 Å². The molecule has 20 heteroatoms. The number of hydrogen-bond acceptors (Lipinski definition) is 8. The third-order valence-corrected chi connectivity index (χ3v) is 8.32. The molecule has 1 aliphatic heterocycles. The van der Waals surface area contributed by atoms with Crippen LogP contribution in [0.25, 0.3) is 0 Å². The second kappa shape index (κ2) is 18.7. The molecule has 0 saturated carbocycles. The van der Waals surface area contributed by atoms with Crippen molar-refractivity contribution in [2.24, 2.45) is 5.73 Å². The van der Waals surface area contributed by atoms with E-state index < -0.39 is 40.4 Å². The van der Waals surface area contributed by atoms with Crippen molar-refractivity contribution < 1.29 is 64.0 Å². The lowest BCUT2D eigenvalue weighted by Gasteiger charge is -2.20. The average Bonchev–Trinajstić information content (AvgIpc) is 3.54. The van der Waals surface area contributed by atoms with Gasteiger partial charge in [-0.3, -0.25) is 10.8 Å². The highest BCUT2D eigenvalue weighted by atomic mass is 32.2. The number of halogens is 6. The standard InChI is InChI=1S/C28H33N5O4S.2C2HF3O2/c1-20(29)33-15-14-26(18-33)37-24-12-10-21(11-13-24)16-23(32-38(34,35)27-8-3-2-4-9-27)19-36-25-7-5-6-22(17-25)28(30)31;2*3-2(4,5)1(6)7/h2-13,17,23,26,29,32H,14-16,18-19H2,1H3,(H3,30,31);2*(H,6,7)/t23?,26-;;/m0../s1. The van der Waals surface area contributed by atoms with E-state index in [0.717, 1.165) is 24.3 Å². The van der Waals surface area contributed by atoms with Crippen molar-refractivity contribution in [1.29, 1.82) is 10.8 Å². The maximum atomic E-state index is 13.1. The Hall–Kier alpha value is -5.37. The van der Waals surface area contributed by atoms with Crippen LogP contribution in [-0.4, -0.2) is 91.3 Å². The summed E-state index contributed by atoms with van der Waals surface area (Å²) < 4.78 is 104. The molecule has 13 nitrogen and oxygen atoms in total.